The minimum atomic E-state index is -3.50. The number of rotatable bonds is 3. The highest BCUT2D eigenvalue weighted by atomic mass is 32.2. The molecular formula is C12H22N2O3S. The number of carbonyl (C=O) groups excluding carboxylic acids is 1. The summed E-state index contributed by atoms with van der Waals surface area (Å²) in [5.41, 5.74) is 0. The van der Waals surface area contributed by atoms with Gasteiger partial charge in [0.1, 0.15) is 0 Å². The molecule has 2 fully saturated rings. The summed E-state index contributed by atoms with van der Waals surface area (Å²) >= 11 is 0. The van der Waals surface area contributed by atoms with Crippen LogP contribution in [0.4, 0.5) is 0 Å². The van der Waals surface area contributed by atoms with E-state index in [1.807, 2.05) is 0 Å². The first-order chi connectivity index (χ1) is 8.47. The fraction of sp³-hybridized carbons (Fsp3) is 0.917. The van der Waals surface area contributed by atoms with Crippen LogP contribution >= 0.6 is 0 Å². The van der Waals surface area contributed by atoms with Crippen LogP contribution in [0.2, 0.25) is 0 Å². The number of likely N-dealkylation sites (tertiary alicyclic amines) is 1. The summed E-state index contributed by atoms with van der Waals surface area (Å²) < 4.78 is 22.3. The van der Waals surface area contributed by atoms with Crippen molar-refractivity contribution >= 4 is 15.9 Å². The maximum atomic E-state index is 12.4. The lowest BCUT2D eigenvalue weighted by molar-refractivity contribution is -0.137. The molecule has 0 aromatic rings. The third kappa shape index (κ3) is 3.45. The van der Waals surface area contributed by atoms with Gasteiger partial charge in [0.25, 0.3) is 0 Å². The van der Waals surface area contributed by atoms with E-state index in [0.29, 0.717) is 6.54 Å². The highest BCUT2D eigenvalue weighted by Gasteiger charge is 2.35. The van der Waals surface area contributed by atoms with Crippen molar-refractivity contribution in [1.29, 1.82) is 0 Å². The fourth-order valence-corrected chi connectivity index (χ4v) is 4.03. The van der Waals surface area contributed by atoms with E-state index in [-0.39, 0.29) is 23.6 Å². The van der Waals surface area contributed by atoms with Crippen molar-refractivity contribution in [2.75, 3.05) is 12.3 Å². The van der Waals surface area contributed by atoms with Gasteiger partial charge < -0.3 is 4.90 Å². The molecule has 0 bridgehead atoms. The second-order valence-corrected chi connectivity index (χ2v) is 7.15. The Morgan fingerprint density at radius 1 is 1.11 bits per heavy atom. The molecule has 1 atom stereocenters. The van der Waals surface area contributed by atoms with Gasteiger partial charge in [0.05, 0.1) is 5.75 Å². The van der Waals surface area contributed by atoms with Crippen LogP contribution in [0.25, 0.3) is 0 Å². The van der Waals surface area contributed by atoms with Gasteiger partial charge in [-0.25, -0.2) is 13.6 Å². The van der Waals surface area contributed by atoms with E-state index in [1.54, 1.807) is 4.90 Å². The number of primary sulfonamides is 1. The highest BCUT2D eigenvalue weighted by Crippen LogP contribution is 2.28. The summed E-state index contributed by atoms with van der Waals surface area (Å²) in [5.74, 6) is 0.173. The van der Waals surface area contributed by atoms with Gasteiger partial charge in [0.2, 0.25) is 15.9 Å². The highest BCUT2D eigenvalue weighted by molar-refractivity contribution is 7.89. The Hall–Kier alpha value is -0.620. The fourth-order valence-electron chi connectivity index (χ4n) is 3.15. The van der Waals surface area contributed by atoms with Gasteiger partial charge >= 0.3 is 0 Å². The average molecular weight is 274 g/mol. The van der Waals surface area contributed by atoms with Gasteiger partial charge in [-0.1, -0.05) is 19.3 Å². The maximum absolute atomic E-state index is 12.4. The van der Waals surface area contributed by atoms with E-state index in [4.69, 9.17) is 5.14 Å². The van der Waals surface area contributed by atoms with E-state index >= 15 is 0 Å². The predicted molar refractivity (Wildman–Crippen MR) is 69.3 cm³/mol. The first-order valence-corrected chi connectivity index (χ1v) is 8.50. The van der Waals surface area contributed by atoms with Crippen LogP contribution in [0, 0.1) is 5.92 Å². The molecule has 1 heterocycles. The number of carbonyl (C=O) groups is 1. The van der Waals surface area contributed by atoms with E-state index in [0.717, 1.165) is 38.5 Å². The van der Waals surface area contributed by atoms with Crippen molar-refractivity contribution in [3.05, 3.63) is 0 Å². The minimum Gasteiger partial charge on any atom is -0.338 e. The summed E-state index contributed by atoms with van der Waals surface area (Å²) in [6, 6.07) is -0.200. The standard InChI is InChI=1S/C12H22N2O3S/c13-18(16,17)9-11-7-4-8-14(11)12(15)10-5-2-1-3-6-10/h10-11H,1-9H2,(H2,13,16,17)/t11-/m0/s1. The molecule has 0 aromatic heterocycles. The van der Waals surface area contributed by atoms with Crippen molar-refractivity contribution in [1.82, 2.24) is 4.90 Å². The van der Waals surface area contributed by atoms with Crippen LogP contribution in [0.15, 0.2) is 0 Å². The van der Waals surface area contributed by atoms with Gasteiger partial charge in [-0.2, -0.15) is 0 Å². The molecule has 104 valence electrons. The molecule has 1 aliphatic carbocycles. The second kappa shape index (κ2) is 5.57. The molecule has 2 aliphatic rings. The summed E-state index contributed by atoms with van der Waals surface area (Å²) in [4.78, 5) is 14.2. The van der Waals surface area contributed by atoms with Crippen molar-refractivity contribution in [2.45, 2.75) is 51.0 Å². The molecule has 1 aliphatic heterocycles. The van der Waals surface area contributed by atoms with E-state index in [1.165, 1.54) is 6.42 Å². The van der Waals surface area contributed by atoms with Gasteiger partial charge in [0.15, 0.2) is 0 Å². The second-order valence-electron chi connectivity index (χ2n) is 5.49. The van der Waals surface area contributed by atoms with Gasteiger partial charge in [-0.05, 0) is 25.7 Å². The van der Waals surface area contributed by atoms with Gasteiger partial charge in [0, 0.05) is 18.5 Å². The van der Waals surface area contributed by atoms with Crippen LogP contribution in [0.1, 0.15) is 44.9 Å². The lowest BCUT2D eigenvalue weighted by atomic mass is 9.88. The largest absolute Gasteiger partial charge is 0.338 e. The Balaban J connectivity index is 1.99. The maximum Gasteiger partial charge on any atom is 0.225 e. The lowest BCUT2D eigenvalue weighted by Crippen LogP contribution is -2.44. The summed E-state index contributed by atoms with van der Waals surface area (Å²) in [7, 11) is -3.50. The smallest absolute Gasteiger partial charge is 0.225 e. The number of sulfonamides is 1. The molecular weight excluding hydrogens is 252 g/mol. The number of nitrogens with two attached hydrogens (primary N) is 1. The molecule has 2 N–H and O–H groups in total. The summed E-state index contributed by atoms with van der Waals surface area (Å²) in [6.45, 7) is 0.690. The number of amides is 1. The topological polar surface area (TPSA) is 80.5 Å². The SMILES string of the molecule is NS(=O)(=O)C[C@@H]1CCCN1C(=O)C1CCCCC1. The lowest BCUT2D eigenvalue weighted by Gasteiger charge is -2.30. The first kappa shape index (κ1) is 13.8. The van der Waals surface area contributed by atoms with Crippen LogP contribution < -0.4 is 5.14 Å². The molecule has 5 nitrogen and oxygen atoms in total. The molecule has 1 saturated carbocycles. The molecule has 0 aromatic carbocycles. The Kier molecular flexibility index (Phi) is 4.27. The van der Waals surface area contributed by atoms with Crippen molar-refractivity contribution in [3.63, 3.8) is 0 Å². The van der Waals surface area contributed by atoms with Crippen molar-refractivity contribution in [2.24, 2.45) is 11.1 Å². The summed E-state index contributed by atoms with van der Waals surface area (Å²) in [5, 5.41) is 5.09. The Labute approximate surface area is 109 Å². The van der Waals surface area contributed by atoms with Crippen molar-refractivity contribution in [3.8, 4) is 0 Å². The molecule has 0 spiro atoms. The van der Waals surface area contributed by atoms with Crippen LogP contribution in [-0.4, -0.2) is 37.6 Å². The third-order valence-electron chi connectivity index (χ3n) is 4.04. The molecule has 6 heteroatoms. The number of hydrogen-bond donors (Lipinski definition) is 1. The Morgan fingerprint density at radius 2 is 1.78 bits per heavy atom. The van der Waals surface area contributed by atoms with Crippen LogP contribution in [0.5, 0.6) is 0 Å². The van der Waals surface area contributed by atoms with Crippen LogP contribution in [-0.2, 0) is 14.8 Å². The third-order valence-corrected chi connectivity index (χ3v) is 4.89. The monoisotopic (exact) mass is 274 g/mol. The zero-order valence-electron chi connectivity index (χ0n) is 10.7. The van der Waals surface area contributed by atoms with Gasteiger partial charge in [-0.3, -0.25) is 4.79 Å². The van der Waals surface area contributed by atoms with E-state index in [9.17, 15) is 13.2 Å². The molecule has 0 radical (unpaired) electrons. The summed E-state index contributed by atoms with van der Waals surface area (Å²) in [6.07, 6.45) is 7.00. The molecule has 2 rings (SSSR count). The van der Waals surface area contributed by atoms with Crippen LogP contribution in [0.3, 0.4) is 0 Å². The van der Waals surface area contributed by atoms with Gasteiger partial charge in [-0.15, -0.1) is 0 Å². The predicted octanol–water partition coefficient (Wildman–Crippen LogP) is 0.846. The minimum absolute atomic E-state index is 0.0918. The molecule has 18 heavy (non-hydrogen) atoms. The van der Waals surface area contributed by atoms with Crippen molar-refractivity contribution < 1.29 is 13.2 Å². The normalized spacial score (nSPS) is 26.5. The molecule has 0 unspecified atom stereocenters. The van der Waals surface area contributed by atoms with E-state index in [2.05, 4.69) is 0 Å². The molecule has 1 amide bonds. The number of hydrogen-bond acceptors (Lipinski definition) is 3. The first-order valence-electron chi connectivity index (χ1n) is 6.78. The zero-order valence-corrected chi connectivity index (χ0v) is 11.5. The number of nitrogens with zero attached hydrogens (tertiary/aromatic N) is 1. The Morgan fingerprint density at radius 3 is 2.39 bits per heavy atom. The van der Waals surface area contributed by atoms with E-state index < -0.39 is 10.0 Å². The Bertz CT molecular complexity index is 402. The molecule has 1 saturated heterocycles. The quantitative estimate of drug-likeness (QED) is 0.828. The zero-order chi connectivity index (χ0) is 13.2. The average Bonchev–Trinajstić information content (AvgIpc) is 2.75.